The maximum atomic E-state index is 4.95. The molecule has 0 unspecified atom stereocenters. The number of hydrogen-bond donors (Lipinski definition) is 0. The van der Waals surface area contributed by atoms with E-state index in [1.54, 1.807) is 0 Å². The highest BCUT2D eigenvalue weighted by molar-refractivity contribution is 9.10. The fraction of sp³-hybridized carbons (Fsp3) is 0.364. The first-order chi connectivity index (χ1) is 14.2. The van der Waals surface area contributed by atoms with E-state index in [1.807, 2.05) is 11.3 Å². The van der Waals surface area contributed by atoms with Crippen molar-refractivity contribution in [1.29, 1.82) is 0 Å². The van der Waals surface area contributed by atoms with Gasteiger partial charge >= 0.3 is 0 Å². The quantitative estimate of drug-likeness (QED) is 0.572. The van der Waals surface area contributed by atoms with Crippen LogP contribution >= 0.6 is 27.3 Å². The lowest BCUT2D eigenvalue weighted by atomic mass is 10.1. The molecular formula is C22H24BrN5S. The molecule has 7 heteroatoms. The van der Waals surface area contributed by atoms with E-state index < -0.39 is 0 Å². The van der Waals surface area contributed by atoms with Crippen LogP contribution in [0.5, 0.6) is 0 Å². The molecule has 2 aromatic heterocycles. The second-order valence-corrected chi connectivity index (χ2v) is 9.55. The molecule has 1 aromatic carbocycles. The fourth-order valence-electron chi connectivity index (χ4n) is 4.11. The number of hydrogen-bond acceptors (Lipinski definition) is 6. The minimum absolute atomic E-state index is 0.895. The number of benzene rings is 1. The van der Waals surface area contributed by atoms with E-state index in [1.165, 1.54) is 26.3 Å². The molecule has 0 radical (unpaired) electrons. The number of nitrogens with zero attached hydrogens (tertiary/aromatic N) is 5. The topological polar surface area (TPSA) is 35.5 Å². The minimum Gasteiger partial charge on any atom is -0.368 e. The van der Waals surface area contributed by atoms with Gasteiger partial charge in [0.1, 0.15) is 0 Å². The van der Waals surface area contributed by atoms with E-state index in [0.29, 0.717) is 0 Å². The molecule has 0 N–H and O–H groups in total. The third-order valence-electron chi connectivity index (χ3n) is 5.69. The summed E-state index contributed by atoms with van der Waals surface area (Å²) >= 11 is 5.36. The Morgan fingerprint density at radius 2 is 1.79 bits per heavy atom. The molecule has 150 valence electrons. The molecule has 1 fully saturated rings. The molecular weight excluding hydrogens is 446 g/mol. The Morgan fingerprint density at radius 1 is 1.00 bits per heavy atom. The van der Waals surface area contributed by atoms with Crippen molar-refractivity contribution in [3.8, 4) is 0 Å². The Hall–Kier alpha value is -1.96. The van der Waals surface area contributed by atoms with Gasteiger partial charge in [-0.25, -0.2) is 9.97 Å². The standard InChI is InChI=1S/C22H24BrN5S/c23-18-12-20(29-16-18)15-26-7-6-21-17(14-26)13-24-22(25-21)28-10-8-27(9-11-28)19-4-2-1-3-5-19/h1-5,12-13,16H,6-11,14-15H2. The molecule has 0 aliphatic carbocycles. The number of thiophene rings is 1. The van der Waals surface area contributed by atoms with Crippen molar-refractivity contribution < 1.29 is 0 Å². The highest BCUT2D eigenvalue weighted by atomic mass is 79.9. The molecule has 5 rings (SSSR count). The van der Waals surface area contributed by atoms with Gasteiger partial charge in [0.2, 0.25) is 5.95 Å². The summed E-state index contributed by atoms with van der Waals surface area (Å²) in [4.78, 5) is 18.3. The third-order valence-corrected chi connectivity index (χ3v) is 7.37. The number of halogens is 1. The van der Waals surface area contributed by atoms with Crippen LogP contribution in [0.15, 0.2) is 52.4 Å². The van der Waals surface area contributed by atoms with Crippen LogP contribution < -0.4 is 9.80 Å². The Balaban J connectivity index is 1.22. The zero-order valence-electron chi connectivity index (χ0n) is 16.3. The van der Waals surface area contributed by atoms with Gasteiger partial charge < -0.3 is 9.80 Å². The van der Waals surface area contributed by atoms with Gasteiger partial charge in [-0.1, -0.05) is 18.2 Å². The summed E-state index contributed by atoms with van der Waals surface area (Å²) in [7, 11) is 0. The molecule has 29 heavy (non-hydrogen) atoms. The lowest BCUT2D eigenvalue weighted by Crippen LogP contribution is -2.47. The maximum Gasteiger partial charge on any atom is 0.225 e. The lowest BCUT2D eigenvalue weighted by molar-refractivity contribution is 0.245. The van der Waals surface area contributed by atoms with Crippen molar-refractivity contribution in [2.75, 3.05) is 42.5 Å². The summed E-state index contributed by atoms with van der Waals surface area (Å²) in [5.74, 6) is 0.895. The fourth-order valence-corrected chi connectivity index (χ4v) is 5.60. The number of piperazine rings is 1. The van der Waals surface area contributed by atoms with Crippen LogP contribution in [0.3, 0.4) is 0 Å². The molecule has 2 aliphatic heterocycles. The van der Waals surface area contributed by atoms with Crippen LogP contribution in [0.2, 0.25) is 0 Å². The Morgan fingerprint density at radius 3 is 2.55 bits per heavy atom. The van der Waals surface area contributed by atoms with Gasteiger partial charge in [0, 0.05) is 84.4 Å². The van der Waals surface area contributed by atoms with Crippen LogP contribution in [0.1, 0.15) is 16.1 Å². The van der Waals surface area contributed by atoms with Gasteiger partial charge in [0.15, 0.2) is 0 Å². The largest absolute Gasteiger partial charge is 0.368 e. The Bertz CT molecular complexity index is 968. The predicted octanol–water partition coefficient (Wildman–Crippen LogP) is 4.19. The summed E-state index contributed by atoms with van der Waals surface area (Å²) in [6, 6.07) is 12.9. The van der Waals surface area contributed by atoms with Crippen LogP contribution in [0.25, 0.3) is 0 Å². The number of aromatic nitrogens is 2. The van der Waals surface area contributed by atoms with Crippen LogP contribution in [-0.4, -0.2) is 47.6 Å². The third kappa shape index (κ3) is 4.32. The van der Waals surface area contributed by atoms with E-state index >= 15 is 0 Å². The Labute approximate surface area is 184 Å². The average molecular weight is 470 g/mol. The average Bonchev–Trinajstić information content (AvgIpc) is 3.18. The molecule has 0 amide bonds. The second kappa shape index (κ2) is 8.42. The summed E-state index contributed by atoms with van der Waals surface area (Å²) < 4.78 is 1.18. The maximum absolute atomic E-state index is 4.95. The van der Waals surface area contributed by atoms with Crippen molar-refractivity contribution in [3.05, 3.63) is 68.6 Å². The van der Waals surface area contributed by atoms with E-state index in [9.17, 15) is 0 Å². The van der Waals surface area contributed by atoms with E-state index in [2.05, 4.69) is 78.6 Å². The lowest BCUT2D eigenvalue weighted by Gasteiger charge is -2.36. The molecule has 5 nitrogen and oxygen atoms in total. The highest BCUT2D eigenvalue weighted by Crippen LogP contribution is 2.25. The molecule has 0 bridgehead atoms. The van der Waals surface area contributed by atoms with Crippen LogP contribution in [0.4, 0.5) is 11.6 Å². The molecule has 3 aromatic rings. The van der Waals surface area contributed by atoms with Crippen molar-refractivity contribution in [2.24, 2.45) is 0 Å². The monoisotopic (exact) mass is 469 g/mol. The van der Waals surface area contributed by atoms with E-state index in [-0.39, 0.29) is 0 Å². The zero-order valence-corrected chi connectivity index (χ0v) is 18.7. The van der Waals surface area contributed by atoms with E-state index in [0.717, 1.165) is 58.2 Å². The van der Waals surface area contributed by atoms with Gasteiger partial charge in [0.05, 0.1) is 5.69 Å². The van der Waals surface area contributed by atoms with Crippen LogP contribution in [-0.2, 0) is 19.5 Å². The molecule has 2 aliphatic rings. The molecule has 1 saturated heterocycles. The van der Waals surface area contributed by atoms with Crippen molar-refractivity contribution >= 4 is 38.9 Å². The van der Waals surface area contributed by atoms with E-state index in [4.69, 9.17) is 9.97 Å². The summed E-state index contributed by atoms with van der Waals surface area (Å²) in [6.07, 6.45) is 3.05. The SMILES string of the molecule is Brc1csc(CN2CCc3nc(N4CCN(c5ccccc5)CC4)ncc3C2)c1. The first-order valence-corrected chi connectivity index (χ1v) is 11.8. The number of fused-ring (bicyclic) bond motifs is 1. The van der Waals surface area contributed by atoms with Crippen molar-refractivity contribution in [3.63, 3.8) is 0 Å². The number of para-hydroxylation sites is 1. The first-order valence-electron chi connectivity index (χ1n) is 10.1. The molecule has 0 spiro atoms. The molecule has 0 saturated carbocycles. The second-order valence-electron chi connectivity index (χ2n) is 7.64. The highest BCUT2D eigenvalue weighted by Gasteiger charge is 2.23. The van der Waals surface area contributed by atoms with Gasteiger partial charge in [-0.3, -0.25) is 4.90 Å². The van der Waals surface area contributed by atoms with Gasteiger partial charge in [-0.15, -0.1) is 11.3 Å². The van der Waals surface area contributed by atoms with Crippen molar-refractivity contribution in [1.82, 2.24) is 14.9 Å². The smallest absolute Gasteiger partial charge is 0.225 e. The number of rotatable bonds is 4. The molecule has 0 atom stereocenters. The first kappa shape index (κ1) is 19.0. The van der Waals surface area contributed by atoms with Crippen molar-refractivity contribution in [2.45, 2.75) is 19.5 Å². The molecule has 4 heterocycles. The minimum atomic E-state index is 0.895. The summed E-state index contributed by atoms with van der Waals surface area (Å²) in [5, 5.41) is 2.15. The zero-order chi connectivity index (χ0) is 19.6. The van der Waals surface area contributed by atoms with Crippen LogP contribution in [0, 0.1) is 0 Å². The van der Waals surface area contributed by atoms with Gasteiger partial charge in [0.25, 0.3) is 0 Å². The normalized spacial score (nSPS) is 17.4. The van der Waals surface area contributed by atoms with Gasteiger partial charge in [-0.05, 0) is 34.1 Å². The summed E-state index contributed by atoms with van der Waals surface area (Å²) in [5.41, 5.74) is 3.80. The van der Waals surface area contributed by atoms with Gasteiger partial charge in [-0.2, -0.15) is 0 Å². The summed E-state index contributed by atoms with van der Waals surface area (Å²) in [6.45, 7) is 6.94. The Kier molecular flexibility index (Phi) is 5.52. The predicted molar refractivity (Wildman–Crippen MR) is 123 cm³/mol. The number of anilines is 2.